The fraction of sp³-hybridized carbons (Fsp3) is 0.381. The second-order valence-electron chi connectivity index (χ2n) is 6.46. The number of aliphatic hydroxyl groups is 2. The third-order valence-electron chi connectivity index (χ3n) is 4.39. The van der Waals surface area contributed by atoms with Crippen LogP contribution in [0.1, 0.15) is 34.8 Å². The molecule has 6 nitrogen and oxygen atoms in total. The topological polar surface area (TPSA) is 88.0 Å². The van der Waals surface area contributed by atoms with Crippen molar-refractivity contribution in [1.29, 1.82) is 0 Å². The molecule has 0 aliphatic heterocycles. The lowest BCUT2D eigenvalue weighted by atomic mass is 9.93. The molecular weight excluding hydrogens is 346 g/mol. The molecule has 0 radical (unpaired) electrons. The van der Waals surface area contributed by atoms with Gasteiger partial charge in [0.05, 0.1) is 13.2 Å². The molecular formula is C21H27NO5. The summed E-state index contributed by atoms with van der Waals surface area (Å²) in [5, 5.41) is 23.4. The Kier molecular flexibility index (Phi) is 7.64. The van der Waals surface area contributed by atoms with Gasteiger partial charge in [0.25, 0.3) is 0 Å². The van der Waals surface area contributed by atoms with E-state index in [0.717, 1.165) is 16.7 Å². The van der Waals surface area contributed by atoms with Crippen LogP contribution in [0.2, 0.25) is 0 Å². The van der Waals surface area contributed by atoms with E-state index in [-0.39, 0.29) is 19.6 Å². The van der Waals surface area contributed by atoms with Crippen LogP contribution in [0.3, 0.4) is 0 Å². The first-order valence-electron chi connectivity index (χ1n) is 8.88. The fourth-order valence-electron chi connectivity index (χ4n) is 2.97. The second-order valence-corrected chi connectivity index (χ2v) is 6.46. The van der Waals surface area contributed by atoms with Gasteiger partial charge >= 0.3 is 6.09 Å². The molecule has 2 aromatic carbocycles. The van der Waals surface area contributed by atoms with Crippen molar-refractivity contribution in [3.63, 3.8) is 0 Å². The van der Waals surface area contributed by atoms with Crippen LogP contribution in [0.5, 0.6) is 5.75 Å². The van der Waals surface area contributed by atoms with Gasteiger partial charge in [-0.2, -0.15) is 0 Å². The lowest BCUT2D eigenvalue weighted by Gasteiger charge is -2.22. The van der Waals surface area contributed by atoms with Crippen molar-refractivity contribution in [1.82, 2.24) is 5.32 Å². The van der Waals surface area contributed by atoms with Crippen molar-refractivity contribution < 1.29 is 24.5 Å². The first-order chi connectivity index (χ1) is 12.9. The smallest absolute Gasteiger partial charge is 0.407 e. The maximum atomic E-state index is 11.7. The number of aliphatic hydroxyl groups excluding tert-OH is 2. The van der Waals surface area contributed by atoms with E-state index in [2.05, 4.69) is 5.32 Å². The molecule has 27 heavy (non-hydrogen) atoms. The third kappa shape index (κ3) is 5.98. The molecule has 2 rings (SSSR count). The van der Waals surface area contributed by atoms with Crippen molar-refractivity contribution in [3.8, 4) is 5.75 Å². The highest BCUT2D eigenvalue weighted by molar-refractivity contribution is 5.67. The molecule has 0 bridgehead atoms. The van der Waals surface area contributed by atoms with Crippen molar-refractivity contribution in [2.75, 3.05) is 13.7 Å². The second kappa shape index (κ2) is 9.94. The molecule has 0 heterocycles. The highest BCUT2D eigenvalue weighted by Crippen LogP contribution is 2.29. The lowest BCUT2D eigenvalue weighted by Crippen LogP contribution is -2.30. The van der Waals surface area contributed by atoms with Gasteiger partial charge in [0.15, 0.2) is 0 Å². The number of alkyl carbamates (subject to hydrolysis) is 1. The molecule has 0 aliphatic carbocycles. The number of nitrogens with one attached hydrogen (secondary N) is 1. The van der Waals surface area contributed by atoms with E-state index >= 15 is 0 Å². The van der Waals surface area contributed by atoms with Crippen LogP contribution in [-0.4, -0.2) is 36.1 Å². The van der Waals surface area contributed by atoms with Gasteiger partial charge in [0.2, 0.25) is 0 Å². The number of rotatable bonds is 8. The molecule has 0 fully saturated rings. The number of carbonyl (C=O) groups excluding carboxylic acids is 1. The number of hydrogen-bond donors (Lipinski definition) is 3. The Balaban J connectivity index is 1.81. The summed E-state index contributed by atoms with van der Waals surface area (Å²) in [6, 6.07) is 13.0. The van der Waals surface area contributed by atoms with E-state index in [4.69, 9.17) is 9.47 Å². The average Bonchev–Trinajstić information content (AvgIpc) is 2.66. The van der Waals surface area contributed by atoms with Crippen LogP contribution >= 0.6 is 0 Å². The summed E-state index contributed by atoms with van der Waals surface area (Å²) in [6.07, 6.45) is -2.41. The standard InChI is InChI=1S/C21H27NO5/c1-14-11-17(26-3)12-15(2)19(14)20(24)18(23)9-10-22-21(25)27-13-16-7-5-4-6-8-16/h4-8,11-12,18,20,23-24H,9-10,13H2,1-3H3,(H,22,25). The van der Waals surface area contributed by atoms with Gasteiger partial charge in [-0.05, 0) is 54.7 Å². The summed E-state index contributed by atoms with van der Waals surface area (Å²) in [5.74, 6) is 0.707. The minimum atomic E-state index is -1.04. The zero-order chi connectivity index (χ0) is 19.8. The molecule has 146 valence electrons. The number of aryl methyl sites for hydroxylation is 2. The zero-order valence-electron chi connectivity index (χ0n) is 15.9. The van der Waals surface area contributed by atoms with Gasteiger partial charge in [0, 0.05) is 6.54 Å². The van der Waals surface area contributed by atoms with E-state index in [9.17, 15) is 15.0 Å². The van der Waals surface area contributed by atoms with Gasteiger partial charge in [-0.15, -0.1) is 0 Å². The van der Waals surface area contributed by atoms with Crippen molar-refractivity contribution in [3.05, 3.63) is 64.7 Å². The number of amides is 1. The van der Waals surface area contributed by atoms with Crippen LogP contribution in [-0.2, 0) is 11.3 Å². The fourth-order valence-corrected chi connectivity index (χ4v) is 2.97. The van der Waals surface area contributed by atoms with Crippen LogP contribution < -0.4 is 10.1 Å². The van der Waals surface area contributed by atoms with Gasteiger partial charge in [0.1, 0.15) is 18.5 Å². The molecule has 0 spiro atoms. The quantitative estimate of drug-likeness (QED) is 0.662. The van der Waals surface area contributed by atoms with E-state index < -0.39 is 18.3 Å². The summed E-state index contributed by atoms with van der Waals surface area (Å²) in [5.41, 5.74) is 3.26. The number of benzene rings is 2. The third-order valence-corrected chi connectivity index (χ3v) is 4.39. The van der Waals surface area contributed by atoms with Crippen molar-refractivity contribution in [2.24, 2.45) is 0 Å². The summed E-state index contributed by atoms with van der Waals surface area (Å²) in [7, 11) is 1.59. The SMILES string of the molecule is COc1cc(C)c(C(O)C(O)CCNC(=O)OCc2ccccc2)c(C)c1. The Hall–Kier alpha value is -2.57. The monoisotopic (exact) mass is 373 g/mol. The molecule has 2 aromatic rings. The van der Waals surface area contributed by atoms with Crippen LogP contribution in [0.4, 0.5) is 4.79 Å². The van der Waals surface area contributed by atoms with Crippen molar-refractivity contribution >= 4 is 6.09 Å². The zero-order valence-corrected chi connectivity index (χ0v) is 15.9. The number of ether oxygens (including phenoxy) is 2. The van der Waals surface area contributed by atoms with Gasteiger partial charge in [-0.1, -0.05) is 30.3 Å². The predicted octanol–water partition coefficient (Wildman–Crippen LogP) is 3.02. The van der Waals surface area contributed by atoms with Crippen LogP contribution in [0.25, 0.3) is 0 Å². The molecule has 1 amide bonds. The largest absolute Gasteiger partial charge is 0.497 e. The molecule has 0 aromatic heterocycles. The maximum Gasteiger partial charge on any atom is 0.407 e. The maximum absolute atomic E-state index is 11.7. The van der Waals surface area contributed by atoms with E-state index in [1.807, 2.05) is 56.3 Å². The normalized spacial score (nSPS) is 12.9. The molecule has 0 aliphatic rings. The molecule has 0 saturated heterocycles. The summed E-state index contributed by atoms with van der Waals surface area (Å²) in [6.45, 7) is 4.10. The summed E-state index contributed by atoms with van der Waals surface area (Å²) < 4.78 is 10.3. The molecule has 3 N–H and O–H groups in total. The Morgan fingerprint density at radius 2 is 1.74 bits per heavy atom. The molecule has 2 atom stereocenters. The van der Waals surface area contributed by atoms with Gasteiger partial charge in [-0.25, -0.2) is 4.79 Å². The van der Waals surface area contributed by atoms with Crippen LogP contribution in [0, 0.1) is 13.8 Å². The van der Waals surface area contributed by atoms with Gasteiger partial charge in [-0.3, -0.25) is 0 Å². The highest BCUT2D eigenvalue weighted by atomic mass is 16.5. The minimum absolute atomic E-state index is 0.183. The Labute approximate surface area is 159 Å². The Morgan fingerprint density at radius 3 is 2.33 bits per heavy atom. The van der Waals surface area contributed by atoms with E-state index in [0.29, 0.717) is 11.3 Å². The molecule has 6 heteroatoms. The first-order valence-corrected chi connectivity index (χ1v) is 8.88. The van der Waals surface area contributed by atoms with Gasteiger partial charge < -0.3 is 25.0 Å². The molecule has 2 unspecified atom stereocenters. The summed E-state index contributed by atoms with van der Waals surface area (Å²) >= 11 is 0. The van der Waals surface area contributed by atoms with Crippen LogP contribution in [0.15, 0.2) is 42.5 Å². The first kappa shape index (κ1) is 20.7. The number of hydrogen-bond acceptors (Lipinski definition) is 5. The number of methoxy groups -OCH3 is 1. The predicted molar refractivity (Wildman–Crippen MR) is 103 cm³/mol. The highest BCUT2D eigenvalue weighted by Gasteiger charge is 2.22. The van der Waals surface area contributed by atoms with E-state index in [1.54, 1.807) is 7.11 Å². The Bertz CT molecular complexity index is 724. The van der Waals surface area contributed by atoms with E-state index in [1.165, 1.54) is 0 Å². The van der Waals surface area contributed by atoms with Crippen molar-refractivity contribution in [2.45, 2.75) is 39.1 Å². The average molecular weight is 373 g/mol. The Morgan fingerprint density at radius 1 is 1.11 bits per heavy atom. The number of carbonyl (C=O) groups is 1. The minimum Gasteiger partial charge on any atom is -0.497 e. The summed E-state index contributed by atoms with van der Waals surface area (Å²) in [4.78, 5) is 11.7. The lowest BCUT2D eigenvalue weighted by molar-refractivity contribution is 0.0129. The molecule has 0 saturated carbocycles.